The average molecular weight is 332 g/mol. The van der Waals surface area contributed by atoms with Gasteiger partial charge in [0, 0.05) is 18.6 Å². The van der Waals surface area contributed by atoms with Crippen molar-refractivity contribution in [2.45, 2.75) is 12.6 Å². The van der Waals surface area contributed by atoms with Crippen LogP contribution in [-0.2, 0) is 12.6 Å². The highest BCUT2D eigenvalue weighted by molar-refractivity contribution is 7.13. The first-order chi connectivity index (χ1) is 10.2. The van der Waals surface area contributed by atoms with Gasteiger partial charge in [-0.15, -0.1) is 11.3 Å². The maximum atomic E-state index is 12.7. The summed E-state index contributed by atoms with van der Waals surface area (Å²) in [5, 5.41) is 19.3. The molecule has 22 heavy (non-hydrogen) atoms. The standard InChI is InChI=1S/C12H7F3N2O4S/c13-12(14,15)10-9(11(18)19)22-8(16-10)5-6-1-3-7(4-2-6)17(20)21/h1-4H,5H2,(H,18,19). The van der Waals surface area contributed by atoms with Crippen molar-refractivity contribution in [1.82, 2.24) is 4.98 Å². The van der Waals surface area contributed by atoms with Gasteiger partial charge in [-0.3, -0.25) is 10.1 Å². The number of nitro benzene ring substituents is 1. The summed E-state index contributed by atoms with van der Waals surface area (Å²) in [4.78, 5) is 23.2. The molecule has 10 heteroatoms. The first-order valence-electron chi connectivity index (χ1n) is 5.72. The van der Waals surface area contributed by atoms with E-state index in [4.69, 9.17) is 5.11 Å². The molecule has 2 rings (SSSR count). The topological polar surface area (TPSA) is 93.3 Å². The molecule has 0 aliphatic carbocycles. The highest BCUT2D eigenvalue weighted by atomic mass is 32.1. The number of hydrogen-bond donors (Lipinski definition) is 1. The van der Waals surface area contributed by atoms with E-state index in [1.54, 1.807) is 0 Å². The molecule has 0 bridgehead atoms. The Bertz CT molecular complexity index is 725. The number of carboxylic acids is 1. The van der Waals surface area contributed by atoms with Crippen LogP contribution in [0.4, 0.5) is 18.9 Å². The van der Waals surface area contributed by atoms with Crippen molar-refractivity contribution in [3.63, 3.8) is 0 Å². The molecule has 1 N–H and O–H groups in total. The molecule has 0 aliphatic rings. The van der Waals surface area contributed by atoms with Crippen molar-refractivity contribution in [3.8, 4) is 0 Å². The van der Waals surface area contributed by atoms with Gasteiger partial charge in [0.15, 0.2) is 5.69 Å². The number of aromatic nitrogens is 1. The molecule has 1 aromatic heterocycles. The molecule has 116 valence electrons. The Labute approximate surface area is 125 Å². The summed E-state index contributed by atoms with van der Waals surface area (Å²) in [5.41, 5.74) is -1.09. The van der Waals surface area contributed by atoms with Gasteiger partial charge < -0.3 is 5.11 Å². The molecule has 0 amide bonds. The fourth-order valence-corrected chi connectivity index (χ4v) is 2.64. The van der Waals surface area contributed by atoms with E-state index in [0.717, 1.165) is 0 Å². The zero-order valence-electron chi connectivity index (χ0n) is 10.6. The predicted octanol–water partition coefficient (Wildman–Crippen LogP) is 3.36. The van der Waals surface area contributed by atoms with Crippen LogP contribution in [0.25, 0.3) is 0 Å². The van der Waals surface area contributed by atoms with Crippen LogP contribution >= 0.6 is 11.3 Å². The molecule has 0 unspecified atom stereocenters. The molecule has 0 saturated heterocycles. The first kappa shape index (κ1) is 15.9. The van der Waals surface area contributed by atoms with Crippen molar-refractivity contribution in [1.29, 1.82) is 0 Å². The molecule has 0 aliphatic heterocycles. The summed E-state index contributed by atoms with van der Waals surface area (Å²) in [6.45, 7) is 0. The lowest BCUT2D eigenvalue weighted by molar-refractivity contribution is -0.384. The SMILES string of the molecule is O=C(O)c1sc(Cc2ccc([N+](=O)[O-])cc2)nc1C(F)(F)F. The zero-order chi connectivity index (χ0) is 16.5. The third kappa shape index (κ3) is 3.39. The van der Waals surface area contributed by atoms with Crippen molar-refractivity contribution in [2.24, 2.45) is 0 Å². The number of benzene rings is 1. The maximum absolute atomic E-state index is 12.7. The van der Waals surface area contributed by atoms with E-state index in [9.17, 15) is 28.1 Å². The summed E-state index contributed by atoms with van der Waals surface area (Å²) in [6.07, 6.45) is -4.89. The molecule has 0 atom stereocenters. The minimum absolute atomic E-state index is 0.0291. The number of nitro groups is 1. The molecule has 1 heterocycles. The van der Waals surface area contributed by atoms with Gasteiger partial charge in [0.2, 0.25) is 0 Å². The summed E-state index contributed by atoms with van der Waals surface area (Å²) < 4.78 is 38.1. The lowest BCUT2D eigenvalue weighted by Gasteiger charge is -2.02. The number of nitrogens with zero attached hydrogens (tertiary/aromatic N) is 2. The molecule has 2 aromatic rings. The number of aromatic carboxylic acids is 1. The summed E-state index contributed by atoms with van der Waals surface area (Å²) in [5.74, 6) is -1.69. The van der Waals surface area contributed by atoms with Crippen molar-refractivity contribution >= 4 is 23.0 Å². The Hall–Kier alpha value is -2.49. The van der Waals surface area contributed by atoms with Crippen LogP contribution in [0.3, 0.4) is 0 Å². The van der Waals surface area contributed by atoms with Crippen LogP contribution in [-0.4, -0.2) is 21.0 Å². The third-order valence-electron chi connectivity index (χ3n) is 2.64. The van der Waals surface area contributed by atoms with Crippen LogP contribution in [0.15, 0.2) is 24.3 Å². The minimum atomic E-state index is -4.85. The number of carbonyl (C=O) groups is 1. The number of carboxylic acid groups (broad SMARTS) is 1. The molecule has 1 aromatic carbocycles. The van der Waals surface area contributed by atoms with Crippen LogP contribution in [0.5, 0.6) is 0 Å². The van der Waals surface area contributed by atoms with Crippen LogP contribution < -0.4 is 0 Å². The predicted molar refractivity (Wildman–Crippen MR) is 70.0 cm³/mol. The van der Waals surface area contributed by atoms with Crippen LogP contribution in [0.1, 0.15) is 25.9 Å². The number of non-ortho nitro benzene ring substituents is 1. The fourth-order valence-electron chi connectivity index (χ4n) is 1.69. The van der Waals surface area contributed by atoms with Gasteiger partial charge in [-0.05, 0) is 5.56 Å². The van der Waals surface area contributed by atoms with E-state index < -0.39 is 27.6 Å². The van der Waals surface area contributed by atoms with Gasteiger partial charge in [-0.2, -0.15) is 13.2 Å². The lowest BCUT2D eigenvalue weighted by atomic mass is 10.1. The number of thiazole rings is 1. The van der Waals surface area contributed by atoms with Crippen molar-refractivity contribution < 1.29 is 28.0 Å². The smallest absolute Gasteiger partial charge is 0.435 e. The summed E-state index contributed by atoms with van der Waals surface area (Å²) in [6, 6.07) is 5.19. The van der Waals surface area contributed by atoms with Gasteiger partial charge in [0.1, 0.15) is 4.88 Å². The Morgan fingerprint density at radius 3 is 2.32 bits per heavy atom. The zero-order valence-corrected chi connectivity index (χ0v) is 11.4. The van der Waals surface area contributed by atoms with E-state index in [1.807, 2.05) is 0 Å². The lowest BCUT2D eigenvalue weighted by Crippen LogP contribution is -2.11. The van der Waals surface area contributed by atoms with Crippen molar-refractivity contribution in [2.75, 3.05) is 0 Å². The second-order valence-electron chi connectivity index (χ2n) is 4.19. The van der Waals surface area contributed by atoms with Gasteiger partial charge in [0.25, 0.3) is 5.69 Å². The Morgan fingerprint density at radius 2 is 1.91 bits per heavy atom. The average Bonchev–Trinajstić information content (AvgIpc) is 2.83. The highest BCUT2D eigenvalue weighted by Gasteiger charge is 2.39. The largest absolute Gasteiger partial charge is 0.477 e. The van der Waals surface area contributed by atoms with Gasteiger partial charge in [-0.25, -0.2) is 9.78 Å². The van der Waals surface area contributed by atoms with Crippen molar-refractivity contribution in [3.05, 3.63) is 55.5 Å². The monoisotopic (exact) mass is 332 g/mol. The van der Waals surface area contributed by atoms with Crippen LogP contribution in [0, 0.1) is 10.1 Å². The van der Waals surface area contributed by atoms with E-state index in [-0.39, 0.29) is 17.1 Å². The molecule has 6 nitrogen and oxygen atoms in total. The van der Waals surface area contributed by atoms with E-state index in [1.165, 1.54) is 24.3 Å². The van der Waals surface area contributed by atoms with E-state index in [0.29, 0.717) is 16.9 Å². The Morgan fingerprint density at radius 1 is 1.32 bits per heavy atom. The Kier molecular flexibility index (Phi) is 4.13. The Balaban J connectivity index is 2.30. The second-order valence-corrected chi connectivity index (χ2v) is 5.27. The van der Waals surface area contributed by atoms with Crippen LogP contribution in [0.2, 0.25) is 0 Å². The maximum Gasteiger partial charge on any atom is 0.435 e. The summed E-state index contributed by atoms with van der Waals surface area (Å²) >= 11 is 0.435. The molecule has 0 radical (unpaired) electrons. The highest BCUT2D eigenvalue weighted by Crippen LogP contribution is 2.35. The number of halogens is 3. The van der Waals surface area contributed by atoms with Gasteiger partial charge >= 0.3 is 12.1 Å². The first-order valence-corrected chi connectivity index (χ1v) is 6.53. The number of rotatable bonds is 4. The minimum Gasteiger partial charge on any atom is -0.477 e. The molecule has 0 saturated carbocycles. The quantitative estimate of drug-likeness (QED) is 0.684. The molecular weight excluding hydrogens is 325 g/mol. The number of alkyl halides is 3. The van der Waals surface area contributed by atoms with Gasteiger partial charge in [-0.1, -0.05) is 12.1 Å². The molecule has 0 fully saturated rings. The summed E-state index contributed by atoms with van der Waals surface area (Å²) in [7, 11) is 0. The van der Waals surface area contributed by atoms with Gasteiger partial charge in [0.05, 0.1) is 9.93 Å². The fraction of sp³-hybridized carbons (Fsp3) is 0.167. The van der Waals surface area contributed by atoms with E-state index in [2.05, 4.69) is 4.98 Å². The third-order valence-corrected chi connectivity index (χ3v) is 3.68. The second kappa shape index (κ2) is 5.72. The number of hydrogen-bond acceptors (Lipinski definition) is 5. The molecular formula is C12H7F3N2O4S. The van der Waals surface area contributed by atoms with E-state index >= 15 is 0 Å². The molecule has 0 spiro atoms. The normalized spacial score (nSPS) is 11.4.